The van der Waals surface area contributed by atoms with Crippen LogP contribution in [0, 0.1) is 6.92 Å². The Kier molecular flexibility index (Phi) is 6.66. The van der Waals surface area contributed by atoms with E-state index in [1.165, 1.54) is 5.56 Å². The second-order valence-electron chi connectivity index (χ2n) is 6.38. The van der Waals surface area contributed by atoms with E-state index >= 15 is 0 Å². The average Bonchev–Trinajstić information content (AvgIpc) is 3.16. The SMILES string of the molecule is CCOc1ccc(CNC(=O)Cc2csc(-c3ccc(C)cc3)n2)cc1OC. The number of hydrogen-bond donors (Lipinski definition) is 1. The molecule has 0 aliphatic heterocycles. The average molecular weight is 397 g/mol. The zero-order valence-electron chi connectivity index (χ0n) is 16.3. The highest BCUT2D eigenvalue weighted by Crippen LogP contribution is 2.28. The van der Waals surface area contributed by atoms with Crippen LogP contribution in [0.25, 0.3) is 10.6 Å². The number of methoxy groups -OCH3 is 1. The van der Waals surface area contributed by atoms with Crippen LogP contribution in [0.4, 0.5) is 0 Å². The maximum absolute atomic E-state index is 12.3. The van der Waals surface area contributed by atoms with E-state index in [9.17, 15) is 4.79 Å². The van der Waals surface area contributed by atoms with Crippen LogP contribution < -0.4 is 14.8 Å². The third-order valence-corrected chi connectivity index (χ3v) is 5.15. The molecule has 1 heterocycles. The molecule has 0 fully saturated rings. The number of rotatable bonds is 8. The summed E-state index contributed by atoms with van der Waals surface area (Å²) in [4.78, 5) is 16.9. The van der Waals surface area contributed by atoms with Gasteiger partial charge in [-0.05, 0) is 31.5 Å². The van der Waals surface area contributed by atoms with E-state index in [0.717, 1.165) is 21.8 Å². The number of thiazole rings is 1. The van der Waals surface area contributed by atoms with E-state index in [2.05, 4.69) is 41.5 Å². The monoisotopic (exact) mass is 396 g/mol. The van der Waals surface area contributed by atoms with Crippen molar-refractivity contribution >= 4 is 17.2 Å². The molecule has 28 heavy (non-hydrogen) atoms. The van der Waals surface area contributed by atoms with E-state index in [4.69, 9.17) is 9.47 Å². The third-order valence-electron chi connectivity index (χ3n) is 4.21. The Morgan fingerprint density at radius 2 is 1.93 bits per heavy atom. The van der Waals surface area contributed by atoms with Crippen LogP contribution >= 0.6 is 11.3 Å². The van der Waals surface area contributed by atoms with E-state index in [1.54, 1.807) is 18.4 Å². The molecule has 3 aromatic rings. The molecule has 0 radical (unpaired) electrons. The molecule has 2 aromatic carbocycles. The highest BCUT2D eigenvalue weighted by Gasteiger charge is 2.10. The lowest BCUT2D eigenvalue weighted by Crippen LogP contribution is -2.24. The Morgan fingerprint density at radius 3 is 2.64 bits per heavy atom. The smallest absolute Gasteiger partial charge is 0.226 e. The summed E-state index contributed by atoms with van der Waals surface area (Å²) in [6.45, 7) is 4.98. The number of amides is 1. The van der Waals surface area contributed by atoms with Crippen molar-refractivity contribution in [1.82, 2.24) is 10.3 Å². The van der Waals surface area contributed by atoms with Crippen molar-refractivity contribution in [2.45, 2.75) is 26.8 Å². The molecule has 0 saturated heterocycles. The molecule has 6 heteroatoms. The van der Waals surface area contributed by atoms with Gasteiger partial charge in [0.05, 0.1) is 25.8 Å². The number of hydrogen-bond acceptors (Lipinski definition) is 5. The molecular formula is C22H24N2O3S. The molecule has 1 aromatic heterocycles. The Morgan fingerprint density at radius 1 is 1.14 bits per heavy atom. The molecule has 5 nitrogen and oxygen atoms in total. The summed E-state index contributed by atoms with van der Waals surface area (Å²) < 4.78 is 10.9. The van der Waals surface area contributed by atoms with Gasteiger partial charge in [0, 0.05) is 17.5 Å². The summed E-state index contributed by atoms with van der Waals surface area (Å²) in [5.74, 6) is 1.30. The second-order valence-corrected chi connectivity index (χ2v) is 7.24. The maximum Gasteiger partial charge on any atom is 0.226 e. The normalized spacial score (nSPS) is 10.5. The highest BCUT2D eigenvalue weighted by molar-refractivity contribution is 7.13. The Hall–Kier alpha value is -2.86. The largest absolute Gasteiger partial charge is 0.493 e. The molecule has 1 N–H and O–H groups in total. The van der Waals surface area contributed by atoms with E-state index < -0.39 is 0 Å². The number of carbonyl (C=O) groups is 1. The minimum absolute atomic E-state index is 0.0615. The number of aromatic nitrogens is 1. The molecule has 0 aliphatic carbocycles. The molecular weight excluding hydrogens is 372 g/mol. The minimum Gasteiger partial charge on any atom is -0.493 e. The second kappa shape index (κ2) is 9.37. The van der Waals surface area contributed by atoms with Crippen molar-refractivity contribution in [3.8, 4) is 22.1 Å². The zero-order valence-corrected chi connectivity index (χ0v) is 17.1. The van der Waals surface area contributed by atoms with E-state index in [-0.39, 0.29) is 12.3 Å². The van der Waals surface area contributed by atoms with Crippen LogP contribution in [-0.2, 0) is 17.8 Å². The standard InChI is InChI=1S/C22H24N2O3S/c1-4-27-19-10-7-16(11-20(19)26-3)13-23-21(25)12-18-14-28-22(24-18)17-8-5-15(2)6-9-17/h5-11,14H,4,12-13H2,1-3H3,(H,23,25). The summed E-state index contributed by atoms with van der Waals surface area (Å²) in [5, 5.41) is 5.80. The summed E-state index contributed by atoms with van der Waals surface area (Å²) >= 11 is 1.55. The maximum atomic E-state index is 12.3. The molecule has 146 valence electrons. The van der Waals surface area contributed by atoms with Gasteiger partial charge in [-0.15, -0.1) is 11.3 Å². The topological polar surface area (TPSA) is 60.5 Å². The summed E-state index contributed by atoms with van der Waals surface area (Å²) in [6.07, 6.45) is 0.260. The van der Waals surface area contributed by atoms with Crippen molar-refractivity contribution in [3.05, 3.63) is 64.7 Å². The quantitative estimate of drug-likeness (QED) is 0.614. The predicted molar refractivity (Wildman–Crippen MR) is 112 cm³/mol. The summed E-state index contributed by atoms with van der Waals surface area (Å²) in [7, 11) is 1.61. The number of nitrogens with zero attached hydrogens (tertiary/aromatic N) is 1. The predicted octanol–water partition coefficient (Wildman–Crippen LogP) is 4.38. The van der Waals surface area contributed by atoms with Crippen molar-refractivity contribution in [1.29, 1.82) is 0 Å². The van der Waals surface area contributed by atoms with Crippen LogP contribution in [0.5, 0.6) is 11.5 Å². The molecule has 0 spiro atoms. The van der Waals surface area contributed by atoms with Gasteiger partial charge in [0.2, 0.25) is 5.91 Å². The molecule has 0 bridgehead atoms. The van der Waals surface area contributed by atoms with Gasteiger partial charge in [0.25, 0.3) is 0 Å². The lowest BCUT2D eigenvalue weighted by molar-refractivity contribution is -0.120. The molecule has 0 saturated carbocycles. The minimum atomic E-state index is -0.0615. The first-order chi connectivity index (χ1) is 13.6. The fourth-order valence-corrected chi connectivity index (χ4v) is 3.57. The zero-order chi connectivity index (χ0) is 19.9. The van der Waals surface area contributed by atoms with Gasteiger partial charge < -0.3 is 14.8 Å². The molecule has 0 unspecified atom stereocenters. The van der Waals surface area contributed by atoms with Crippen molar-refractivity contribution < 1.29 is 14.3 Å². The number of carbonyl (C=O) groups excluding carboxylic acids is 1. The van der Waals surface area contributed by atoms with Gasteiger partial charge in [-0.1, -0.05) is 35.9 Å². The number of benzene rings is 2. The fraction of sp³-hybridized carbons (Fsp3) is 0.273. The van der Waals surface area contributed by atoms with Gasteiger partial charge in [0.15, 0.2) is 11.5 Å². The first kappa shape index (κ1) is 19.9. The van der Waals surface area contributed by atoms with Crippen molar-refractivity contribution in [3.63, 3.8) is 0 Å². The third kappa shape index (κ3) is 5.10. The van der Waals surface area contributed by atoms with E-state index in [0.29, 0.717) is 24.7 Å². The van der Waals surface area contributed by atoms with Crippen molar-refractivity contribution in [2.24, 2.45) is 0 Å². The van der Waals surface area contributed by atoms with Gasteiger partial charge in [-0.3, -0.25) is 4.79 Å². The first-order valence-electron chi connectivity index (χ1n) is 9.17. The van der Waals surface area contributed by atoms with E-state index in [1.807, 2.05) is 30.5 Å². The fourth-order valence-electron chi connectivity index (χ4n) is 2.74. The van der Waals surface area contributed by atoms with Crippen LogP contribution in [0.1, 0.15) is 23.7 Å². The molecule has 0 aliphatic rings. The molecule has 0 atom stereocenters. The highest BCUT2D eigenvalue weighted by atomic mass is 32.1. The molecule has 3 rings (SSSR count). The van der Waals surface area contributed by atoms with Gasteiger partial charge in [0.1, 0.15) is 5.01 Å². The van der Waals surface area contributed by atoms with Gasteiger partial charge >= 0.3 is 0 Å². The van der Waals surface area contributed by atoms with Gasteiger partial charge in [-0.25, -0.2) is 4.98 Å². The Bertz CT molecular complexity index is 935. The summed E-state index contributed by atoms with van der Waals surface area (Å²) in [5.41, 5.74) is 4.02. The number of ether oxygens (including phenoxy) is 2. The number of nitrogens with one attached hydrogen (secondary N) is 1. The Balaban J connectivity index is 1.57. The Labute approximate surface area is 169 Å². The van der Waals surface area contributed by atoms with Gasteiger partial charge in [-0.2, -0.15) is 0 Å². The van der Waals surface area contributed by atoms with Crippen molar-refractivity contribution in [2.75, 3.05) is 13.7 Å². The van der Waals surface area contributed by atoms with Crippen LogP contribution in [0.3, 0.4) is 0 Å². The van der Waals surface area contributed by atoms with Crippen LogP contribution in [-0.4, -0.2) is 24.6 Å². The molecule has 1 amide bonds. The van der Waals surface area contributed by atoms with Crippen LogP contribution in [0.2, 0.25) is 0 Å². The first-order valence-corrected chi connectivity index (χ1v) is 10.0. The summed E-state index contributed by atoms with van der Waals surface area (Å²) in [6, 6.07) is 13.9. The van der Waals surface area contributed by atoms with Crippen LogP contribution in [0.15, 0.2) is 47.8 Å². The lowest BCUT2D eigenvalue weighted by atomic mass is 10.2. The lowest BCUT2D eigenvalue weighted by Gasteiger charge is -2.11. The number of aryl methyl sites for hydroxylation is 1.